The quantitative estimate of drug-likeness (QED) is 0.114. The number of imidazole rings is 2. The van der Waals surface area contributed by atoms with E-state index in [9.17, 15) is 14.4 Å². The first-order chi connectivity index (χ1) is 27.6. The fourth-order valence-corrected chi connectivity index (χ4v) is 8.36. The van der Waals surface area contributed by atoms with Crippen LogP contribution >= 0.6 is 11.8 Å². The molecular weight excluding hydrogens is 749 g/mol. The first-order valence-corrected chi connectivity index (χ1v) is 20.5. The molecular formula is C41H54N8O7S. The van der Waals surface area contributed by atoms with Crippen LogP contribution in [-0.4, -0.2) is 132 Å². The van der Waals surface area contributed by atoms with Gasteiger partial charge in [-0.15, -0.1) is 0 Å². The van der Waals surface area contributed by atoms with Crippen molar-refractivity contribution in [2.24, 2.45) is 0 Å². The molecule has 0 saturated carbocycles. The zero-order chi connectivity index (χ0) is 40.6. The van der Waals surface area contributed by atoms with Crippen LogP contribution in [0.2, 0.25) is 0 Å². The largest absolute Gasteiger partial charge is 0.453 e. The van der Waals surface area contributed by atoms with E-state index in [-0.39, 0.29) is 30.1 Å². The van der Waals surface area contributed by atoms with Crippen LogP contribution in [0.4, 0.5) is 9.59 Å². The summed E-state index contributed by atoms with van der Waals surface area (Å²) in [6, 6.07) is 15.4. The van der Waals surface area contributed by atoms with Crippen molar-refractivity contribution in [2.45, 2.75) is 74.7 Å². The fraction of sp³-hybridized carbons (Fsp3) is 0.488. The minimum atomic E-state index is -0.889. The molecule has 7 unspecified atom stereocenters. The Hall–Kier alpha value is -4.90. The molecule has 2 aliphatic heterocycles. The molecule has 2 aromatic heterocycles. The molecule has 0 radical (unpaired) electrons. The number of carbonyl (C=O) groups excluding carboxylic acids is 3. The Morgan fingerprint density at radius 2 is 1.32 bits per heavy atom. The van der Waals surface area contributed by atoms with Gasteiger partial charge in [0, 0.05) is 39.1 Å². The molecule has 2 saturated heterocycles. The Labute approximate surface area is 338 Å². The van der Waals surface area contributed by atoms with Crippen LogP contribution in [0.25, 0.3) is 33.6 Å². The molecule has 4 heterocycles. The molecule has 16 heteroatoms. The van der Waals surface area contributed by atoms with E-state index >= 15 is 0 Å². The smallest absolute Gasteiger partial charge is 0.407 e. The number of hydrogen-bond donors (Lipinski definition) is 4. The highest BCUT2D eigenvalue weighted by Crippen LogP contribution is 2.37. The van der Waals surface area contributed by atoms with E-state index in [1.165, 1.54) is 21.3 Å². The average molecular weight is 803 g/mol. The van der Waals surface area contributed by atoms with Crippen molar-refractivity contribution >= 4 is 29.9 Å². The Balaban J connectivity index is 1.11. The van der Waals surface area contributed by atoms with Crippen LogP contribution in [-0.2, 0) is 23.7 Å². The summed E-state index contributed by atoms with van der Waals surface area (Å²) in [6.45, 7) is 5.71. The monoisotopic (exact) mass is 802 g/mol. The number of nitrogens with zero attached hydrogens (tertiary/aromatic N) is 4. The van der Waals surface area contributed by atoms with Gasteiger partial charge in [-0.2, -0.15) is 11.8 Å². The van der Waals surface area contributed by atoms with Gasteiger partial charge in [0.25, 0.3) is 0 Å². The maximum Gasteiger partial charge on any atom is 0.407 e. The minimum Gasteiger partial charge on any atom is -0.453 e. The van der Waals surface area contributed by atoms with Crippen molar-refractivity contribution in [2.75, 3.05) is 54.3 Å². The van der Waals surface area contributed by atoms with Gasteiger partial charge in [0.2, 0.25) is 5.91 Å². The van der Waals surface area contributed by atoms with Crippen molar-refractivity contribution in [3.05, 3.63) is 72.6 Å². The number of aromatic nitrogens is 4. The predicted molar refractivity (Wildman–Crippen MR) is 219 cm³/mol. The van der Waals surface area contributed by atoms with Gasteiger partial charge in [-0.3, -0.25) is 9.69 Å². The normalized spacial score (nSPS) is 20.5. The molecule has 4 N–H and O–H groups in total. The van der Waals surface area contributed by atoms with Crippen molar-refractivity contribution < 1.29 is 33.3 Å². The second-order valence-electron chi connectivity index (χ2n) is 14.5. The summed E-state index contributed by atoms with van der Waals surface area (Å²) in [5, 5.41) is 6.01. The van der Waals surface area contributed by atoms with Crippen LogP contribution in [0.3, 0.4) is 0 Å². The Morgan fingerprint density at radius 3 is 1.84 bits per heavy atom. The van der Waals surface area contributed by atoms with Crippen LogP contribution < -0.4 is 10.6 Å². The molecule has 0 bridgehead atoms. The Morgan fingerprint density at radius 1 is 0.789 bits per heavy atom. The predicted octanol–water partition coefficient (Wildman–Crippen LogP) is 5.79. The molecule has 57 heavy (non-hydrogen) atoms. The summed E-state index contributed by atoms with van der Waals surface area (Å²) in [5.41, 5.74) is 5.95. The highest BCUT2D eigenvalue weighted by Gasteiger charge is 2.39. The number of aromatic amines is 2. The van der Waals surface area contributed by atoms with Gasteiger partial charge >= 0.3 is 12.2 Å². The van der Waals surface area contributed by atoms with Gasteiger partial charge < -0.3 is 44.4 Å². The zero-order valence-corrected chi connectivity index (χ0v) is 34.4. The average Bonchev–Trinajstić information content (AvgIpc) is 4.09. The second-order valence-corrected chi connectivity index (χ2v) is 15.6. The van der Waals surface area contributed by atoms with Gasteiger partial charge in [0.1, 0.15) is 17.7 Å². The minimum absolute atomic E-state index is 0.0675. The number of nitrogens with one attached hydrogen (secondary N) is 4. The van der Waals surface area contributed by atoms with Crippen LogP contribution in [0, 0.1) is 0 Å². The number of methoxy groups -OCH3 is 4. The lowest BCUT2D eigenvalue weighted by Crippen LogP contribution is -2.54. The summed E-state index contributed by atoms with van der Waals surface area (Å²) in [7, 11) is 5.78. The van der Waals surface area contributed by atoms with Crippen molar-refractivity contribution in [3.63, 3.8) is 0 Å². The highest BCUT2D eigenvalue weighted by molar-refractivity contribution is 7.99. The fourth-order valence-electron chi connectivity index (χ4n) is 7.64. The van der Waals surface area contributed by atoms with Crippen molar-refractivity contribution in [3.8, 4) is 33.6 Å². The lowest BCUT2D eigenvalue weighted by Gasteiger charge is -2.31. The maximum absolute atomic E-state index is 13.6. The van der Waals surface area contributed by atoms with E-state index in [1.54, 1.807) is 25.1 Å². The second kappa shape index (κ2) is 19.0. The van der Waals surface area contributed by atoms with Crippen molar-refractivity contribution in [1.82, 2.24) is 40.4 Å². The van der Waals surface area contributed by atoms with Crippen LogP contribution in [0.1, 0.15) is 56.8 Å². The lowest BCUT2D eigenvalue weighted by molar-refractivity contribution is -0.137. The number of ether oxygens (including phenoxy) is 4. The molecule has 6 rings (SSSR count). The van der Waals surface area contributed by atoms with Gasteiger partial charge in [0.05, 0.1) is 68.3 Å². The highest BCUT2D eigenvalue weighted by atomic mass is 32.2. The summed E-state index contributed by atoms with van der Waals surface area (Å²) < 4.78 is 20.6. The number of carbonyl (C=O) groups is 3. The first-order valence-electron chi connectivity index (χ1n) is 19.2. The summed E-state index contributed by atoms with van der Waals surface area (Å²) in [6.07, 6.45) is 6.42. The number of thioether (sulfide) groups is 1. The number of hydrogen-bond acceptors (Lipinski definition) is 11. The van der Waals surface area contributed by atoms with E-state index in [4.69, 9.17) is 23.9 Å². The number of likely N-dealkylation sites (tertiary alicyclic amines) is 2. The number of amides is 3. The van der Waals surface area contributed by atoms with Gasteiger partial charge in [-0.05, 0) is 61.6 Å². The topological polar surface area (TPSA) is 176 Å². The molecule has 0 spiro atoms. The third kappa shape index (κ3) is 9.63. The number of rotatable bonds is 15. The number of benzene rings is 2. The van der Waals surface area contributed by atoms with E-state index < -0.39 is 24.3 Å². The molecule has 3 amide bonds. The van der Waals surface area contributed by atoms with Crippen LogP contribution in [0.5, 0.6) is 0 Å². The molecule has 0 aliphatic carbocycles. The third-order valence-electron chi connectivity index (χ3n) is 11.2. The molecule has 7 atom stereocenters. The van der Waals surface area contributed by atoms with E-state index in [2.05, 4.69) is 85.3 Å². The number of H-pyrrole nitrogens is 2. The Kier molecular flexibility index (Phi) is 13.9. The van der Waals surface area contributed by atoms with Crippen LogP contribution in [0.15, 0.2) is 60.9 Å². The SMILES string of the molecule is COC(=O)NC(CN1CC(SC)CC1c1ncc(-c2ccc(-c3ccc(-c4cnc(C5CCCN5C(=O)C(NC(=O)OC)C(C)OC)[nH]4)cc3)cc2)[nH]1)C(C)OC. The molecule has 15 nitrogen and oxygen atoms in total. The van der Waals surface area contributed by atoms with Gasteiger partial charge in [0.15, 0.2) is 0 Å². The standard InChI is InChI=1S/C41H54N8O7S/c1-24(53-3)33(46-40(51)55-5)23-48-22-30(57-7)19-35(48)38-43-21-32(45-38)29-16-12-27(13-17-29)26-10-14-28(15-11-26)31-20-42-37(44-31)34-9-8-18-49(34)39(50)36(25(2)54-4)47-41(52)56-6/h10-17,20-21,24-25,30,33-36H,8-9,18-19,22-23H2,1-7H3,(H,42,44)(H,43,45)(H,46,51)(H,47,52). The molecule has 2 fully saturated rings. The van der Waals surface area contributed by atoms with Gasteiger partial charge in [-0.25, -0.2) is 19.6 Å². The third-order valence-corrected chi connectivity index (χ3v) is 12.2. The first kappa shape index (κ1) is 41.7. The Bertz CT molecular complexity index is 1950. The summed E-state index contributed by atoms with van der Waals surface area (Å²) in [5.74, 6) is 1.36. The zero-order valence-electron chi connectivity index (χ0n) is 33.6. The van der Waals surface area contributed by atoms with E-state index in [1.807, 2.05) is 24.9 Å². The summed E-state index contributed by atoms with van der Waals surface area (Å²) >= 11 is 1.85. The molecule has 306 valence electrons. The lowest BCUT2D eigenvalue weighted by atomic mass is 10.0. The molecule has 2 aromatic carbocycles. The summed E-state index contributed by atoms with van der Waals surface area (Å²) in [4.78, 5) is 58.4. The molecule has 4 aromatic rings. The van der Waals surface area contributed by atoms with E-state index in [0.717, 1.165) is 65.3 Å². The van der Waals surface area contributed by atoms with Crippen molar-refractivity contribution in [1.29, 1.82) is 0 Å². The van der Waals surface area contributed by atoms with E-state index in [0.29, 0.717) is 24.2 Å². The van der Waals surface area contributed by atoms with Gasteiger partial charge in [-0.1, -0.05) is 48.5 Å². The maximum atomic E-state index is 13.6. The molecule has 2 aliphatic rings. The number of alkyl carbamates (subject to hydrolysis) is 2.